The molecular weight excluding hydrogens is 740 g/mol. The minimum Gasteiger partial charge on any atom is -0.443 e. The number of aliphatic hydroxyl groups excluding tert-OH is 1. The maximum absolute atomic E-state index is 12.8. The van der Waals surface area contributed by atoms with Gasteiger partial charge in [0.1, 0.15) is 22.2 Å². The van der Waals surface area contributed by atoms with Gasteiger partial charge in [-0.3, -0.25) is 14.8 Å². The second-order valence-corrected chi connectivity index (χ2v) is 14.2. The number of amides is 1. The van der Waals surface area contributed by atoms with Crippen LogP contribution in [0.3, 0.4) is 0 Å². The van der Waals surface area contributed by atoms with Gasteiger partial charge in [-0.2, -0.15) is 0 Å². The number of carbonyl (C=O) groups is 3. The zero-order chi connectivity index (χ0) is 33.3. The molecular formula is C30H34Cl2IN5O7. The molecule has 1 amide bonds. The average Bonchev–Trinajstić information content (AvgIpc) is 3.49. The van der Waals surface area contributed by atoms with Crippen LogP contribution in [0.5, 0.6) is 0 Å². The molecule has 1 aliphatic heterocycles. The van der Waals surface area contributed by atoms with Crippen molar-refractivity contribution in [1.29, 1.82) is 0 Å². The summed E-state index contributed by atoms with van der Waals surface area (Å²) in [4.78, 5) is 45.9. The van der Waals surface area contributed by atoms with E-state index < -0.39 is 41.4 Å². The number of nitrogens with one attached hydrogen (secondary N) is 1. The van der Waals surface area contributed by atoms with Crippen molar-refractivity contribution < 1.29 is 33.7 Å². The Morgan fingerprint density at radius 1 is 0.933 bits per heavy atom. The summed E-state index contributed by atoms with van der Waals surface area (Å²) in [6.07, 6.45) is 4.70. The van der Waals surface area contributed by atoms with Gasteiger partial charge in [-0.25, -0.2) is 18.7 Å². The lowest BCUT2D eigenvalue weighted by atomic mass is 10.1. The van der Waals surface area contributed by atoms with Gasteiger partial charge in [0.2, 0.25) is 0 Å². The molecule has 1 fully saturated rings. The van der Waals surface area contributed by atoms with Crippen LogP contribution in [0.15, 0.2) is 36.9 Å². The van der Waals surface area contributed by atoms with E-state index in [1.807, 2.05) is 20.8 Å². The third-order valence-electron chi connectivity index (χ3n) is 6.28. The summed E-state index contributed by atoms with van der Waals surface area (Å²) >= 11 is 14.5. The van der Waals surface area contributed by atoms with E-state index >= 15 is 0 Å². The number of aromatic nitrogens is 4. The molecule has 4 aromatic heterocycles. The number of nitrogens with zero attached hydrogens (tertiary/aromatic N) is 4. The van der Waals surface area contributed by atoms with Gasteiger partial charge in [0.15, 0.2) is 0 Å². The number of fused-ring (bicyclic) bond motifs is 2. The highest BCUT2D eigenvalue weighted by Crippen LogP contribution is 2.29. The SMILES string of the molecule is CC(C)(C)OC(=O)n1cc(C(=O)NC2CCOC[C@@H]2O)c2nccc(Cl)c21.CC(C)(C)OC(=O)n1cc(I)c2nccc(Cl)c21. The smallest absolute Gasteiger partial charge is 0.419 e. The van der Waals surface area contributed by atoms with Crippen LogP contribution in [0.4, 0.5) is 9.59 Å². The molecule has 45 heavy (non-hydrogen) atoms. The molecule has 5 rings (SSSR count). The highest BCUT2D eigenvalue weighted by molar-refractivity contribution is 14.1. The monoisotopic (exact) mass is 773 g/mol. The quantitative estimate of drug-likeness (QED) is 0.220. The van der Waals surface area contributed by atoms with Gasteiger partial charge in [0.25, 0.3) is 5.91 Å². The van der Waals surface area contributed by atoms with Crippen LogP contribution in [0.1, 0.15) is 58.3 Å². The second-order valence-electron chi connectivity index (χ2n) is 12.2. The molecule has 12 nitrogen and oxygen atoms in total. The second kappa shape index (κ2) is 13.8. The van der Waals surface area contributed by atoms with Gasteiger partial charge in [-0.1, -0.05) is 23.2 Å². The lowest BCUT2D eigenvalue weighted by Crippen LogP contribution is -2.48. The van der Waals surface area contributed by atoms with Crippen molar-refractivity contribution in [3.05, 3.63) is 56.1 Å². The standard InChI is InChI=1S/C18H22ClN3O5.C12H12ClIN2O2/c1-18(2,3)27-17(25)22-8-10(14-15(22)11(19)4-6-20-14)16(24)21-12-5-7-26-9-13(12)23;1-12(2,3)18-11(17)16-6-8(14)9-10(16)7(13)4-5-15-9/h4,6,8,12-13,23H,5,7,9H2,1-3H3,(H,21,24);4-6H,1-3H3/t12?,13-;/m0./s1. The Morgan fingerprint density at radius 2 is 1.44 bits per heavy atom. The fourth-order valence-electron chi connectivity index (χ4n) is 4.40. The highest BCUT2D eigenvalue weighted by Gasteiger charge is 2.29. The molecule has 1 aliphatic rings. The summed E-state index contributed by atoms with van der Waals surface area (Å²) in [7, 11) is 0. The molecule has 242 valence electrons. The molecule has 2 N–H and O–H groups in total. The largest absolute Gasteiger partial charge is 0.443 e. The van der Waals surface area contributed by atoms with E-state index in [4.69, 9.17) is 37.4 Å². The predicted molar refractivity (Wildman–Crippen MR) is 178 cm³/mol. The number of halogens is 3. The number of ether oxygens (including phenoxy) is 3. The fraction of sp³-hybridized carbons (Fsp3) is 0.433. The Kier molecular flexibility index (Phi) is 10.7. The Hall–Kier alpha value is -2.98. The summed E-state index contributed by atoms with van der Waals surface area (Å²) in [6, 6.07) is 2.75. The van der Waals surface area contributed by atoms with Crippen LogP contribution in [0.25, 0.3) is 22.1 Å². The van der Waals surface area contributed by atoms with Gasteiger partial charge >= 0.3 is 12.2 Å². The molecule has 5 heterocycles. The minimum atomic E-state index is -0.793. The summed E-state index contributed by atoms with van der Waals surface area (Å²) in [5.41, 5.74) is 0.785. The average molecular weight is 774 g/mol. The molecule has 4 aromatic rings. The van der Waals surface area contributed by atoms with Gasteiger partial charge in [0, 0.05) is 31.4 Å². The van der Waals surface area contributed by atoms with E-state index in [1.165, 1.54) is 27.6 Å². The van der Waals surface area contributed by atoms with Crippen LogP contribution < -0.4 is 5.32 Å². The van der Waals surface area contributed by atoms with E-state index in [1.54, 1.807) is 39.2 Å². The zero-order valence-corrected chi connectivity index (χ0v) is 29.2. The number of hydrogen-bond acceptors (Lipinski definition) is 9. The number of carbonyl (C=O) groups excluding carboxylic acids is 3. The summed E-state index contributed by atoms with van der Waals surface area (Å²) < 4.78 is 19.3. The first kappa shape index (κ1) is 34.9. The number of rotatable bonds is 2. The van der Waals surface area contributed by atoms with Crippen molar-refractivity contribution in [3.8, 4) is 0 Å². The Labute approximate surface area is 283 Å². The first-order chi connectivity index (χ1) is 21.0. The maximum Gasteiger partial charge on any atom is 0.419 e. The van der Waals surface area contributed by atoms with Crippen molar-refractivity contribution in [2.24, 2.45) is 0 Å². The number of hydrogen-bond donors (Lipinski definition) is 2. The lowest BCUT2D eigenvalue weighted by molar-refractivity contribution is -0.0260. The molecule has 1 unspecified atom stereocenters. The van der Waals surface area contributed by atoms with E-state index in [0.717, 1.165) is 3.57 Å². The molecule has 0 radical (unpaired) electrons. The van der Waals surface area contributed by atoms with E-state index in [9.17, 15) is 19.5 Å². The van der Waals surface area contributed by atoms with Crippen LogP contribution in [-0.4, -0.2) is 78.9 Å². The normalized spacial score (nSPS) is 17.0. The van der Waals surface area contributed by atoms with Crippen molar-refractivity contribution in [2.45, 2.75) is 71.3 Å². The number of pyridine rings is 2. The minimum absolute atomic E-state index is 0.161. The van der Waals surface area contributed by atoms with E-state index in [0.29, 0.717) is 34.6 Å². The van der Waals surface area contributed by atoms with Crippen LogP contribution in [0, 0.1) is 3.57 Å². The molecule has 1 saturated heterocycles. The molecule has 0 aromatic carbocycles. The Balaban J connectivity index is 0.000000222. The lowest BCUT2D eigenvalue weighted by Gasteiger charge is -2.28. The van der Waals surface area contributed by atoms with Crippen LogP contribution >= 0.6 is 45.8 Å². The van der Waals surface area contributed by atoms with Crippen LogP contribution in [0.2, 0.25) is 10.0 Å². The third-order valence-corrected chi connectivity index (χ3v) is 7.68. The van der Waals surface area contributed by atoms with Gasteiger partial charge in [0.05, 0.1) is 49.0 Å². The number of aliphatic hydroxyl groups is 1. The molecule has 0 saturated carbocycles. The Morgan fingerprint density at radius 3 is 1.98 bits per heavy atom. The van der Waals surface area contributed by atoms with Crippen molar-refractivity contribution in [1.82, 2.24) is 24.4 Å². The summed E-state index contributed by atoms with van der Waals surface area (Å²) in [5, 5.41) is 13.5. The van der Waals surface area contributed by atoms with Crippen molar-refractivity contribution in [3.63, 3.8) is 0 Å². The first-order valence-corrected chi connectivity index (χ1v) is 15.8. The van der Waals surface area contributed by atoms with Crippen LogP contribution in [-0.2, 0) is 14.2 Å². The molecule has 0 spiro atoms. The topological polar surface area (TPSA) is 147 Å². The molecule has 0 aliphatic carbocycles. The third kappa shape index (κ3) is 8.44. The van der Waals surface area contributed by atoms with Gasteiger partial charge < -0.3 is 24.6 Å². The fourth-order valence-corrected chi connectivity index (χ4v) is 5.55. The molecule has 2 atom stereocenters. The highest BCUT2D eigenvalue weighted by atomic mass is 127. The first-order valence-electron chi connectivity index (χ1n) is 14.0. The molecule has 15 heteroatoms. The maximum atomic E-state index is 12.8. The van der Waals surface area contributed by atoms with Gasteiger partial charge in [-0.15, -0.1) is 0 Å². The van der Waals surface area contributed by atoms with Crippen molar-refractivity contribution in [2.75, 3.05) is 13.2 Å². The zero-order valence-electron chi connectivity index (χ0n) is 25.6. The Bertz CT molecular complexity index is 1740. The van der Waals surface area contributed by atoms with E-state index in [-0.39, 0.29) is 22.7 Å². The van der Waals surface area contributed by atoms with E-state index in [2.05, 4.69) is 37.9 Å². The predicted octanol–water partition coefficient (Wildman–Crippen LogP) is 6.43. The molecule has 0 bridgehead atoms. The van der Waals surface area contributed by atoms with Crippen molar-refractivity contribution >= 4 is 86.0 Å². The summed E-state index contributed by atoms with van der Waals surface area (Å²) in [6.45, 7) is 11.3. The summed E-state index contributed by atoms with van der Waals surface area (Å²) in [5.74, 6) is -0.456. The van der Waals surface area contributed by atoms with Gasteiger partial charge in [-0.05, 0) is 82.7 Å².